The van der Waals surface area contributed by atoms with E-state index in [1.807, 2.05) is 0 Å². The lowest BCUT2D eigenvalue weighted by atomic mass is 10.1. The van der Waals surface area contributed by atoms with Gasteiger partial charge in [-0.1, -0.05) is 23.2 Å². The van der Waals surface area contributed by atoms with E-state index in [1.54, 1.807) is 12.1 Å². The first kappa shape index (κ1) is 17.7. The van der Waals surface area contributed by atoms with Crippen LogP contribution >= 0.6 is 23.2 Å². The molecule has 8 heteroatoms. The lowest BCUT2D eigenvalue weighted by molar-refractivity contribution is 0.0997. The summed E-state index contributed by atoms with van der Waals surface area (Å²) >= 11 is 11.6. The molecule has 0 saturated heterocycles. The third kappa shape index (κ3) is 4.45. The van der Waals surface area contributed by atoms with Crippen molar-refractivity contribution >= 4 is 39.0 Å². The Bertz CT molecular complexity index is 820. The molecule has 122 valence electrons. The summed E-state index contributed by atoms with van der Waals surface area (Å²) in [6.07, 6.45) is 0. The molecular weight excluding hydrogens is 361 g/mol. The number of hydrogen-bond donors (Lipinski definition) is 1. The number of hydrogen-bond acceptors (Lipinski definition) is 4. The van der Waals surface area contributed by atoms with E-state index in [0.29, 0.717) is 10.6 Å². The fraction of sp³-hybridized carbons (Fsp3) is 0.133. The highest BCUT2D eigenvalue weighted by Crippen LogP contribution is 2.26. The van der Waals surface area contributed by atoms with Crippen LogP contribution in [0, 0.1) is 0 Å². The predicted octanol–water partition coefficient (Wildman–Crippen LogP) is 3.16. The quantitative estimate of drug-likeness (QED) is 0.789. The molecule has 5 nitrogen and oxygen atoms in total. The van der Waals surface area contributed by atoms with Crippen LogP contribution in [-0.4, -0.2) is 27.9 Å². The number of carbonyl (C=O) groups is 1. The van der Waals surface area contributed by atoms with Crippen LogP contribution in [-0.2, 0) is 10.0 Å². The zero-order valence-corrected chi connectivity index (χ0v) is 14.4. The second-order valence-corrected chi connectivity index (χ2v) is 7.16. The average molecular weight is 374 g/mol. The van der Waals surface area contributed by atoms with Gasteiger partial charge in [0.1, 0.15) is 10.6 Å². The molecule has 23 heavy (non-hydrogen) atoms. The van der Waals surface area contributed by atoms with Crippen molar-refractivity contribution in [3.63, 3.8) is 0 Å². The summed E-state index contributed by atoms with van der Waals surface area (Å²) in [5.41, 5.74) is 0.357. The third-order valence-electron chi connectivity index (χ3n) is 3.00. The molecule has 0 aliphatic heterocycles. The number of Topliss-reactive ketones (excluding diaryl/α,β-unsaturated/α-hetero) is 1. The molecule has 0 unspecified atom stereocenters. The summed E-state index contributed by atoms with van der Waals surface area (Å²) in [5.74, 6) is -0.243. The molecule has 0 fully saturated rings. The molecule has 2 aromatic carbocycles. The van der Waals surface area contributed by atoms with E-state index >= 15 is 0 Å². The van der Waals surface area contributed by atoms with Crippen LogP contribution in [0.5, 0.6) is 5.75 Å². The molecule has 1 N–H and O–H groups in total. The van der Waals surface area contributed by atoms with Crippen molar-refractivity contribution in [3.05, 3.63) is 58.1 Å². The highest BCUT2D eigenvalue weighted by Gasteiger charge is 2.21. The number of rotatable bonds is 6. The van der Waals surface area contributed by atoms with Gasteiger partial charge >= 0.3 is 0 Å². The normalized spacial score (nSPS) is 11.3. The highest BCUT2D eigenvalue weighted by atomic mass is 35.5. The summed E-state index contributed by atoms with van der Waals surface area (Å²) in [4.78, 5) is 11.9. The molecule has 0 aromatic heterocycles. The summed E-state index contributed by atoms with van der Waals surface area (Å²) in [7, 11) is -2.59. The zero-order valence-electron chi connectivity index (χ0n) is 12.0. The van der Waals surface area contributed by atoms with Gasteiger partial charge in [-0.15, -0.1) is 0 Å². The predicted molar refractivity (Wildman–Crippen MR) is 89.0 cm³/mol. The van der Waals surface area contributed by atoms with Crippen molar-refractivity contribution in [1.29, 1.82) is 0 Å². The Labute approximate surface area is 144 Å². The number of nitrogens with one attached hydrogen (secondary N) is 1. The Balaban J connectivity index is 2.17. The van der Waals surface area contributed by atoms with Crippen molar-refractivity contribution < 1.29 is 17.9 Å². The largest absolute Gasteiger partial charge is 0.495 e. The minimum absolute atomic E-state index is 0.128. The summed E-state index contributed by atoms with van der Waals surface area (Å²) in [6.45, 7) is -0.389. The van der Waals surface area contributed by atoms with Gasteiger partial charge in [0.2, 0.25) is 10.0 Å². The SMILES string of the molecule is COc1ccc(Cl)cc1S(=O)(=O)NCC(=O)c1ccc(Cl)cc1. The molecule has 0 aliphatic carbocycles. The summed E-state index contributed by atoms with van der Waals surface area (Å²) < 4.78 is 31.9. The number of ketones is 1. The average Bonchev–Trinajstić information content (AvgIpc) is 2.53. The highest BCUT2D eigenvalue weighted by molar-refractivity contribution is 7.89. The maximum Gasteiger partial charge on any atom is 0.244 e. The van der Waals surface area contributed by atoms with Crippen LogP contribution in [0.4, 0.5) is 0 Å². The number of sulfonamides is 1. The monoisotopic (exact) mass is 373 g/mol. The maximum atomic E-state index is 12.3. The molecule has 2 rings (SSSR count). The van der Waals surface area contributed by atoms with Gasteiger partial charge < -0.3 is 4.74 Å². The second kappa shape index (κ2) is 7.31. The molecule has 0 radical (unpaired) electrons. The number of benzene rings is 2. The van der Waals surface area contributed by atoms with Crippen LogP contribution < -0.4 is 9.46 Å². The Morgan fingerprint density at radius 1 is 1.09 bits per heavy atom. The third-order valence-corrected chi connectivity index (χ3v) is 4.91. The van der Waals surface area contributed by atoms with E-state index in [2.05, 4.69) is 4.72 Å². The van der Waals surface area contributed by atoms with Gasteiger partial charge in [-0.25, -0.2) is 13.1 Å². The first-order valence-electron chi connectivity index (χ1n) is 6.45. The Kier molecular flexibility index (Phi) is 5.64. The lowest BCUT2D eigenvalue weighted by Crippen LogP contribution is -2.30. The van der Waals surface area contributed by atoms with Crippen LogP contribution in [0.1, 0.15) is 10.4 Å². The Morgan fingerprint density at radius 3 is 2.30 bits per heavy atom. The minimum Gasteiger partial charge on any atom is -0.495 e. The molecular formula is C15H13Cl2NO4S. The molecule has 0 bridgehead atoms. The number of methoxy groups -OCH3 is 1. The fourth-order valence-corrected chi connectivity index (χ4v) is 3.37. The van der Waals surface area contributed by atoms with Gasteiger partial charge in [0, 0.05) is 15.6 Å². The minimum atomic E-state index is -3.94. The molecule has 0 heterocycles. The van der Waals surface area contributed by atoms with Crippen LogP contribution in [0.15, 0.2) is 47.4 Å². The molecule has 0 spiro atoms. The van der Waals surface area contributed by atoms with Crippen molar-refractivity contribution in [2.24, 2.45) is 0 Å². The van der Waals surface area contributed by atoms with Gasteiger partial charge in [0.05, 0.1) is 13.7 Å². The standard InChI is InChI=1S/C15H13Cl2NO4S/c1-22-14-7-6-12(17)8-15(14)23(20,21)18-9-13(19)10-2-4-11(16)5-3-10/h2-8,18H,9H2,1H3. The van der Waals surface area contributed by atoms with Gasteiger partial charge in [-0.2, -0.15) is 0 Å². The van der Waals surface area contributed by atoms with Gasteiger partial charge in [-0.05, 0) is 42.5 Å². The molecule has 0 aliphatic rings. The van der Waals surface area contributed by atoms with Crippen LogP contribution in [0.25, 0.3) is 0 Å². The first-order chi connectivity index (χ1) is 10.8. The molecule has 0 amide bonds. The molecule has 0 saturated carbocycles. The van der Waals surface area contributed by atoms with E-state index in [9.17, 15) is 13.2 Å². The van der Waals surface area contributed by atoms with Gasteiger partial charge in [0.25, 0.3) is 0 Å². The van der Waals surface area contributed by atoms with Crippen molar-refractivity contribution in [1.82, 2.24) is 4.72 Å². The lowest BCUT2D eigenvalue weighted by Gasteiger charge is -2.10. The topological polar surface area (TPSA) is 72.5 Å². The second-order valence-electron chi connectivity index (χ2n) is 4.55. The Morgan fingerprint density at radius 2 is 1.70 bits per heavy atom. The zero-order chi connectivity index (χ0) is 17.0. The summed E-state index contributed by atoms with van der Waals surface area (Å²) in [5, 5.41) is 0.737. The van der Waals surface area contributed by atoms with E-state index in [0.717, 1.165) is 0 Å². The first-order valence-corrected chi connectivity index (χ1v) is 8.69. The number of halogens is 2. The van der Waals surface area contributed by atoms with Crippen molar-refractivity contribution in [2.75, 3.05) is 13.7 Å². The fourth-order valence-electron chi connectivity index (χ4n) is 1.84. The van der Waals surface area contributed by atoms with E-state index < -0.39 is 10.0 Å². The molecule has 0 atom stereocenters. The number of ether oxygens (including phenoxy) is 1. The Hall–Kier alpha value is -1.60. The van der Waals surface area contributed by atoms with E-state index in [1.165, 1.54) is 37.4 Å². The van der Waals surface area contributed by atoms with Crippen LogP contribution in [0.3, 0.4) is 0 Å². The van der Waals surface area contributed by atoms with E-state index in [-0.39, 0.29) is 28.0 Å². The van der Waals surface area contributed by atoms with E-state index in [4.69, 9.17) is 27.9 Å². The van der Waals surface area contributed by atoms with Gasteiger partial charge in [0.15, 0.2) is 5.78 Å². The van der Waals surface area contributed by atoms with Crippen molar-refractivity contribution in [3.8, 4) is 5.75 Å². The molecule has 2 aromatic rings. The smallest absolute Gasteiger partial charge is 0.244 e. The maximum absolute atomic E-state index is 12.3. The summed E-state index contributed by atoms with van der Waals surface area (Å²) in [6, 6.07) is 10.4. The van der Waals surface area contributed by atoms with Crippen LogP contribution in [0.2, 0.25) is 10.0 Å². The van der Waals surface area contributed by atoms with Gasteiger partial charge in [-0.3, -0.25) is 4.79 Å². The number of carbonyl (C=O) groups excluding carboxylic acids is 1. The van der Waals surface area contributed by atoms with Crippen molar-refractivity contribution in [2.45, 2.75) is 4.90 Å².